The second-order valence-electron chi connectivity index (χ2n) is 7.27. The third-order valence-corrected chi connectivity index (χ3v) is 5.39. The highest BCUT2D eigenvalue weighted by Crippen LogP contribution is 2.22. The number of halogens is 1. The van der Waals surface area contributed by atoms with Gasteiger partial charge in [-0.05, 0) is 37.8 Å². The summed E-state index contributed by atoms with van der Waals surface area (Å²) in [5, 5.41) is 6.27. The van der Waals surface area contributed by atoms with E-state index in [-0.39, 0.29) is 30.1 Å². The Bertz CT molecular complexity index is 475. The molecule has 7 nitrogen and oxygen atoms in total. The number of rotatable bonds is 6. The van der Waals surface area contributed by atoms with Crippen LogP contribution in [0.2, 0.25) is 0 Å². The van der Waals surface area contributed by atoms with Gasteiger partial charge >= 0.3 is 0 Å². The largest absolute Gasteiger partial charge is 0.356 e. The Balaban J connectivity index is 0.00000338. The van der Waals surface area contributed by atoms with Crippen molar-refractivity contribution in [3.05, 3.63) is 0 Å². The molecule has 0 saturated carbocycles. The van der Waals surface area contributed by atoms with Crippen molar-refractivity contribution in [2.45, 2.75) is 39.5 Å². The first kappa shape index (κ1) is 22.7. The van der Waals surface area contributed by atoms with E-state index in [1.165, 1.54) is 12.8 Å². The van der Waals surface area contributed by atoms with E-state index in [0.717, 1.165) is 13.1 Å². The summed E-state index contributed by atoms with van der Waals surface area (Å²) in [4.78, 5) is 39.1. The lowest BCUT2D eigenvalue weighted by Crippen LogP contribution is -2.50. The van der Waals surface area contributed by atoms with E-state index < -0.39 is 0 Å². The van der Waals surface area contributed by atoms with Crippen LogP contribution in [0.5, 0.6) is 0 Å². The van der Waals surface area contributed by atoms with E-state index >= 15 is 0 Å². The lowest BCUT2D eigenvalue weighted by Gasteiger charge is -2.34. The standard InChI is InChI=1S/C18H32N4O3.ClH/c1-14(16-4-3-6-19-13-16)12-17(24)20-7-5-18(25)22-10-8-21(9-11-22)15(2)23;/h14,16,19H,3-13H2,1-2H3,(H,20,24);1H. The Kier molecular flexibility index (Phi) is 9.94. The molecule has 0 aromatic heterocycles. The molecule has 2 saturated heterocycles. The zero-order valence-electron chi connectivity index (χ0n) is 16.0. The number of hydrogen-bond donors (Lipinski definition) is 2. The van der Waals surface area contributed by atoms with Gasteiger partial charge in [-0.3, -0.25) is 14.4 Å². The van der Waals surface area contributed by atoms with E-state index in [4.69, 9.17) is 0 Å². The number of carbonyl (C=O) groups excluding carboxylic acids is 3. The highest BCUT2D eigenvalue weighted by Gasteiger charge is 2.23. The molecule has 26 heavy (non-hydrogen) atoms. The van der Waals surface area contributed by atoms with Gasteiger partial charge in [0.15, 0.2) is 0 Å². The van der Waals surface area contributed by atoms with Gasteiger partial charge in [0.05, 0.1) is 0 Å². The monoisotopic (exact) mass is 388 g/mol. The topological polar surface area (TPSA) is 81.8 Å². The number of piperidine rings is 1. The fourth-order valence-corrected chi connectivity index (χ4v) is 3.63. The number of hydrogen-bond acceptors (Lipinski definition) is 4. The Morgan fingerprint density at radius 3 is 2.38 bits per heavy atom. The third kappa shape index (κ3) is 7.11. The van der Waals surface area contributed by atoms with Gasteiger partial charge in [0, 0.05) is 52.5 Å². The van der Waals surface area contributed by atoms with Gasteiger partial charge in [-0.2, -0.15) is 0 Å². The molecule has 2 heterocycles. The van der Waals surface area contributed by atoms with E-state index in [1.54, 1.807) is 16.7 Å². The summed E-state index contributed by atoms with van der Waals surface area (Å²) in [5.74, 6) is 1.07. The molecule has 0 spiro atoms. The van der Waals surface area contributed by atoms with Crippen LogP contribution in [0.3, 0.4) is 0 Å². The van der Waals surface area contributed by atoms with Crippen LogP contribution in [0.1, 0.15) is 39.5 Å². The van der Waals surface area contributed by atoms with E-state index in [9.17, 15) is 14.4 Å². The van der Waals surface area contributed by atoms with Gasteiger partial charge < -0.3 is 20.4 Å². The molecule has 2 atom stereocenters. The van der Waals surface area contributed by atoms with Crippen molar-refractivity contribution in [3.63, 3.8) is 0 Å². The molecule has 2 aliphatic rings. The first-order valence-corrected chi connectivity index (χ1v) is 9.48. The van der Waals surface area contributed by atoms with Crippen LogP contribution in [0.25, 0.3) is 0 Å². The van der Waals surface area contributed by atoms with Crippen molar-refractivity contribution >= 4 is 30.1 Å². The molecule has 3 amide bonds. The molecule has 2 unspecified atom stereocenters. The Labute approximate surface area is 162 Å². The second kappa shape index (κ2) is 11.4. The number of nitrogens with one attached hydrogen (secondary N) is 2. The minimum Gasteiger partial charge on any atom is -0.356 e. The lowest BCUT2D eigenvalue weighted by molar-refractivity contribution is -0.138. The normalized spacial score (nSPS) is 21.5. The van der Waals surface area contributed by atoms with E-state index in [1.807, 2.05) is 0 Å². The van der Waals surface area contributed by atoms with Gasteiger partial charge in [-0.1, -0.05) is 6.92 Å². The fourth-order valence-electron chi connectivity index (χ4n) is 3.63. The van der Waals surface area contributed by atoms with Crippen molar-refractivity contribution in [2.24, 2.45) is 11.8 Å². The highest BCUT2D eigenvalue weighted by atomic mass is 35.5. The molecule has 2 rings (SSSR count). The number of carbonyl (C=O) groups is 3. The summed E-state index contributed by atoms with van der Waals surface area (Å²) < 4.78 is 0. The second-order valence-corrected chi connectivity index (χ2v) is 7.27. The van der Waals surface area contributed by atoms with Crippen molar-refractivity contribution in [1.82, 2.24) is 20.4 Å². The lowest BCUT2D eigenvalue weighted by atomic mass is 9.85. The Hall–Kier alpha value is -1.34. The van der Waals surface area contributed by atoms with Crippen LogP contribution in [0.4, 0.5) is 0 Å². The van der Waals surface area contributed by atoms with Crippen LogP contribution < -0.4 is 10.6 Å². The smallest absolute Gasteiger partial charge is 0.224 e. The highest BCUT2D eigenvalue weighted by molar-refractivity contribution is 5.85. The van der Waals surface area contributed by atoms with E-state index in [0.29, 0.717) is 57.4 Å². The maximum Gasteiger partial charge on any atom is 0.224 e. The van der Waals surface area contributed by atoms with Crippen molar-refractivity contribution in [1.29, 1.82) is 0 Å². The minimum atomic E-state index is 0. The van der Waals surface area contributed by atoms with E-state index in [2.05, 4.69) is 17.6 Å². The zero-order valence-corrected chi connectivity index (χ0v) is 16.8. The van der Waals surface area contributed by atoms with Crippen LogP contribution in [-0.2, 0) is 14.4 Å². The maximum atomic E-state index is 12.2. The van der Waals surface area contributed by atoms with Gasteiger partial charge in [-0.25, -0.2) is 0 Å². The Morgan fingerprint density at radius 1 is 1.15 bits per heavy atom. The molecular weight excluding hydrogens is 356 g/mol. The molecular formula is C18H33ClN4O3. The van der Waals surface area contributed by atoms with Crippen LogP contribution in [0.15, 0.2) is 0 Å². The zero-order chi connectivity index (χ0) is 18.2. The molecule has 0 bridgehead atoms. The maximum absolute atomic E-state index is 12.2. The molecule has 2 fully saturated rings. The molecule has 0 aliphatic carbocycles. The summed E-state index contributed by atoms with van der Waals surface area (Å²) in [7, 11) is 0. The summed E-state index contributed by atoms with van der Waals surface area (Å²) in [6.07, 6.45) is 3.22. The predicted molar refractivity (Wildman–Crippen MR) is 103 cm³/mol. The SMILES string of the molecule is CC(=O)N1CCN(C(=O)CCNC(=O)CC(C)C2CCCNC2)CC1.Cl. The molecule has 8 heteroatoms. The predicted octanol–water partition coefficient (Wildman–Crippen LogP) is 0.631. The third-order valence-electron chi connectivity index (χ3n) is 5.39. The summed E-state index contributed by atoms with van der Waals surface area (Å²) >= 11 is 0. The van der Waals surface area contributed by atoms with Gasteiger partial charge in [0.25, 0.3) is 0 Å². The molecule has 0 aromatic rings. The van der Waals surface area contributed by atoms with Gasteiger partial charge in [0.1, 0.15) is 0 Å². The Morgan fingerprint density at radius 2 is 1.81 bits per heavy atom. The average molecular weight is 389 g/mol. The summed E-state index contributed by atoms with van der Waals surface area (Å²) in [5.41, 5.74) is 0. The summed E-state index contributed by atoms with van der Waals surface area (Å²) in [6.45, 7) is 8.52. The molecule has 2 aliphatic heterocycles. The number of nitrogens with zero attached hydrogens (tertiary/aromatic N) is 2. The van der Waals surface area contributed by atoms with Gasteiger partial charge in [-0.15, -0.1) is 12.4 Å². The fraction of sp³-hybridized carbons (Fsp3) is 0.833. The molecule has 2 N–H and O–H groups in total. The molecule has 0 radical (unpaired) electrons. The van der Waals surface area contributed by atoms with Crippen molar-refractivity contribution < 1.29 is 14.4 Å². The van der Waals surface area contributed by atoms with Crippen LogP contribution in [0, 0.1) is 11.8 Å². The van der Waals surface area contributed by atoms with Crippen molar-refractivity contribution in [3.8, 4) is 0 Å². The first-order chi connectivity index (χ1) is 12.0. The minimum absolute atomic E-state index is 0. The van der Waals surface area contributed by atoms with Crippen molar-refractivity contribution in [2.75, 3.05) is 45.8 Å². The first-order valence-electron chi connectivity index (χ1n) is 9.48. The van der Waals surface area contributed by atoms with Gasteiger partial charge in [0.2, 0.25) is 17.7 Å². The number of amides is 3. The van der Waals surface area contributed by atoms with Crippen LogP contribution in [-0.4, -0.2) is 73.3 Å². The van der Waals surface area contributed by atoms with Crippen LogP contribution >= 0.6 is 12.4 Å². The average Bonchev–Trinajstić information content (AvgIpc) is 2.62. The molecule has 0 aromatic carbocycles. The summed E-state index contributed by atoms with van der Waals surface area (Å²) in [6, 6.07) is 0. The number of piperazine rings is 1. The molecule has 150 valence electrons. The quantitative estimate of drug-likeness (QED) is 0.699.